The van der Waals surface area contributed by atoms with Crippen LogP contribution in [0.1, 0.15) is 19.8 Å². The Morgan fingerprint density at radius 3 is 2.92 bits per heavy atom. The van der Waals surface area contributed by atoms with Crippen molar-refractivity contribution in [2.45, 2.75) is 19.8 Å². The number of ether oxygens (including phenoxy) is 2. The Kier molecular flexibility index (Phi) is 2.21. The van der Waals surface area contributed by atoms with E-state index in [2.05, 4.69) is 19.1 Å². The van der Waals surface area contributed by atoms with E-state index in [1.165, 1.54) is 17.4 Å². The van der Waals surface area contributed by atoms with Crippen LogP contribution in [-0.4, -0.2) is 0 Å². The highest BCUT2D eigenvalue weighted by Gasteiger charge is 2.11. The molecule has 1 aliphatic carbocycles. The second kappa shape index (κ2) is 3.52. The predicted octanol–water partition coefficient (Wildman–Crippen LogP) is 3.01. The summed E-state index contributed by atoms with van der Waals surface area (Å²) in [5.41, 5.74) is 2.50. The van der Waals surface area contributed by atoms with Gasteiger partial charge in [0.05, 0.1) is 0 Å². The lowest BCUT2D eigenvalue weighted by molar-refractivity contribution is 0.262. The van der Waals surface area contributed by atoms with Crippen molar-refractivity contribution in [1.82, 2.24) is 0 Å². The standard InChI is InChI=1S/C11H12O2/c1-9-3-2-4-10(7-9)11-8-12-5-6-13-11/h3,5-8H,2,4H2,1H3. The van der Waals surface area contributed by atoms with E-state index in [0.29, 0.717) is 0 Å². The third kappa shape index (κ3) is 1.83. The van der Waals surface area contributed by atoms with Crippen molar-refractivity contribution < 1.29 is 9.47 Å². The molecule has 68 valence electrons. The Balaban J connectivity index is 2.16. The van der Waals surface area contributed by atoms with Crippen LogP contribution in [0.15, 0.2) is 47.8 Å². The van der Waals surface area contributed by atoms with Gasteiger partial charge < -0.3 is 9.47 Å². The van der Waals surface area contributed by atoms with Gasteiger partial charge in [0.15, 0.2) is 5.76 Å². The monoisotopic (exact) mass is 176 g/mol. The van der Waals surface area contributed by atoms with Crippen molar-refractivity contribution in [3.8, 4) is 0 Å². The van der Waals surface area contributed by atoms with Gasteiger partial charge in [-0.25, -0.2) is 0 Å². The van der Waals surface area contributed by atoms with Crippen LogP contribution in [0.5, 0.6) is 0 Å². The summed E-state index contributed by atoms with van der Waals surface area (Å²) in [6, 6.07) is 0. The first-order valence-electron chi connectivity index (χ1n) is 4.41. The van der Waals surface area contributed by atoms with E-state index in [9.17, 15) is 0 Å². The first-order valence-corrected chi connectivity index (χ1v) is 4.41. The predicted molar refractivity (Wildman–Crippen MR) is 50.5 cm³/mol. The summed E-state index contributed by atoms with van der Waals surface area (Å²) in [5.74, 6) is 0.829. The van der Waals surface area contributed by atoms with E-state index in [1.54, 1.807) is 12.5 Å². The molecule has 0 unspecified atom stereocenters. The topological polar surface area (TPSA) is 18.5 Å². The molecule has 0 aromatic heterocycles. The lowest BCUT2D eigenvalue weighted by atomic mass is 9.99. The molecule has 0 amide bonds. The molecule has 1 aliphatic heterocycles. The average molecular weight is 176 g/mol. The van der Waals surface area contributed by atoms with Crippen molar-refractivity contribution in [3.63, 3.8) is 0 Å². The van der Waals surface area contributed by atoms with E-state index in [1.807, 2.05) is 0 Å². The van der Waals surface area contributed by atoms with Gasteiger partial charge in [-0.15, -0.1) is 0 Å². The van der Waals surface area contributed by atoms with Gasteiger partial charge >= 0.3 is 0 Å². The summed E-state index contributed by atoms with van der Waals surface area (Å²) in [7, 11) is 0. The van der Waals surface area contributed by atoms with Crippen LogP contribution in [0, 0.1) is 0 Å². The SMILES string of the molecule is CC1=CCCC(C2=COC=CO2)=C1. The summed E-state index contributed by atoms with van der Waals surface area (Å²) in [6.45, 7) is 2.10. The zero-order valence-electron chi connectivity index (χ0n) is 7.62. The van der Waals surface area contributed by atoms with Crippen LogP contribution in [-0.2, 0) is 9.47 Å². The van der Waals surface area contributed by atoms with Gasteiger partial charge in [-0.1, -0.05) is 17.7 Å². The molecule has 0 aromatic rings. The Morgan fingerprint density at radius 2 is 2.23 bits per heavy atom. The van der Waals surface area contributed by atoms with Crippen molar-refractivity contribution in [1.29, 1.82) is 0 Å². The van der Waals surface area contributed by atoms with Gasteiger partial charge in [-0.2, -0.15) is 0 Å². The summed E-state index contributed by atoms with van der Waals surface area (Å²) in [6.07, 6.45) is 11.2. The lowest BCUT2D eigenvalue weighted by Crippen LogP contribution is -1.99. The molecule has 13 heavy (non-hydrogen) atoms. The molecule has 0 saturated carbocycles. The molecule has 0 fully saturated rings. The molecular weight excluding hydrogens is 164 g/mol. The molecule has 0 spiro atoms. The maximum atomic E-state index is 5.33. The van der Waals surface area contributed by atoms with Gasteiger partial charge in [0.25, 0.3) is 0 Å². The molecule has 0 saturated heterocycles. The minimum absolute atomic E-state index is 0.829. The molecule has 0 N–H and O–H groups in total. The summed E-state index contributed by atoms with van der Waals surface area (Å²) < 4.78 is 10.4. The molecule has 2 heteroatoms. The van der Waals surface area contributed by atoms with Crippen molar-refractivity contribution in [2.24, 2.45) is 0 Å². The largest absolute Gasteiger partial charge is 0.466 e. The molecule has 2 nitrogen and oxygen atoms in total. The molecule has 0 radical (unpaired) electrons. The fourth-order valence-electron chi connectivity index (χ4n) is 1.47. The highest BCUT2D eigenvalue weighted by atomic mass is 16.5. The molecule has 2 aliphatic rings. The summed E-state index contributed by atoms with van der Waals surface area (Å²) in [5, 5.41) is 0. The van der Waals surface area contributed by atoms with Crippen LogP contribution in [0.25, 0.3) is 0 Å². The smallest absolute Gasteiger partial charge is 0.164 e. The van der Waals surface area contributed by atoms with Crippen molar-refractivity contribution in [2.75, 3.05) is 0 Å². The van der Waals surface area contributed by atoms with Gasteiger partial charge in [0.2, 0.25) is 0 Å². The zero-order valence-corrected chi connectivity index (χ0v) is 7.62. The van der Waals surface area contributed by atoms with E-state index < -0.39 is 0 Å². The van der Waals surface area contributed by atoms with Crippen molar-refractivity contribution in [3.05, 3.63) is 47.8 Å². The third-order valence-electron chi connectivity index (χ3n) is 2.10. The Morgan fingerprint density at radius 1 is 1.31 bits per heavy atom. The van der Waals surface area contributed by atoms with Crippen LogP contribution >= 0.6 is 0 Å². The number of hydrogen-bond acceptors (Lipinski definition) is 2. The maximum absolute atomic E-state index is 5.33. The van der Waals surface area contributed by atoms with E-state index >= 15 is 0 Å². The number of rotatable bonds is 1. The first-order chi connectivity index (χ1) is 6.36. The van der Waals surface area contributed by atoms with Crippen molar-refractivity contribution >= 4 is 0 Å². The van der Waals surface area contributed by atoms with Crippen LogP contribution in [0.4, 0.5) is 0 Å². The Hall–Kier alpha value is -1.44. The summed E-state index contributed by atoms with van der Waals surface area (Å²) in [4.78, 5) is 0. The highest BCUT2D eigenvalue weighted by molar-refractivity contribution is 5.36. The van der Waals surface area contributed by atoms with E-state index in [4.69, 9.17) is 9.47 Å². The second-order valence-corrected chi connectivity index (χ2v) is 3.16. The fraction of sp³-hybridized carbons (Fsp3) is 0.273. The average Bonchev–Trinajstić information content (AvgIpc) is 2.19. The van der Waals surface area contributed by atoms with Gasteiger partial charge in [0, 0.05) is 0 Å². The minimum atomic E-state index is 0.829. The normalized spacial score (nSPS) is 20.8. The van der Waals surface area contributed by atoms with Gasteiger partial charge in [-0.3, -0.25) is 0 Å². The second-order valence-electron chi connectivity index (χ2n) is 3.16. The molecule has 0 atom stereocenters. The minimum Gasteiger partial charge on any atom is -0.466 e. The zero-order chi connectivity index (χ0) is 9.10. The molecule has 2 rings (SSSR count). The molecular formula is C11H12O2. The van der Waals surface area contributed by atoms with Gasteiger partial charge in [0.1, 0.15) is 18.8 Å². The quantitative estimate of drug-likeness (QED) is 0.611. The number of hydrogen-bond donors (Lipinski definition) is 0. The molecule has 0 aromatic carbocycles. The van der Waals surface area contributed by atoms with Crippen LogP contribution in [0.3, 0.4) is 0 Å². The first kappa shape index (κ1) is 8.17. The number of allylic oxidation sites excluding steroid dienone is 4. The Bertz CT molecular complexity index is 319. The fourth-order valence-corrected chi connectivity index (χ4v) is 1.47. The Labute approximate surface area is 77.8 Å². The molecule has 1 heterocycles. The lowest BCUT2D eigenvalue weighted by Gasteiger charge is -2.15. The van der Waals surface area contributed by atoms with Crippen LogP contribution in [0.2, 0.25) is 0 Å². The van der Waals surface area contributed by atoms with E-state index in [-0.39, 0.29) is 0 Å². The summed E-state index contributed by atoms with van der Waals surface area (Å²) >= 11 is 0. The van der Waals surface area contributed by atoms with E-state index in [0.717, 1.165) is 18.6 Å². The molecule has 0 bridgehead atoms. The van der Waals surface area contributed by atoms with Gasteiger partial charge in [-0.05, 0) is 25.3 Å². The highest BCUT2D eigenvalue weighted by Crippen LogP contribution is 2.25. The van der Waals surface area contributed by atoms with Crippen LogP contribution < -0.4 is 0 Å². The third-order valence-corrected chi connectivity index (χ3v) is 2.10. The maximum Gasteiger partial charge on any atom is 0.164 e.